The molecule has 0 spiro atoms. The molecule has 10 heteroatoms. The Bertz CT molecular complexity index is 1090. The molecule has 0 bridgehead atoms. The highest BCUT2D eigenvalue weighted by atomic mass is 16.5. The van der Waals surface area contributed by atoms with Gasteiger partial charge in [-0.2, -0.15) is 9.61 Å². The summed E-state index contributed by atoms with van der Waals surface area (Å²) in [5, 5.41) is 20.5. The Morgan fingerprint density at radius 1 is 1.27 bits per heavy atom. The molecule has 30 heavy (non-hydrogen) atoms. The second-order valence-electron chi connectivity index (χ2n) is 9.00. The number of anilines is 1. The van der Waals surface area contributed by atoms with E-state index in [9.17, 15) is 4.79 Å². The molecule has 158 valence electrons. The molecule has 1 fully saturated rings. The Labute approximate surface area is 174 Å². The molecule has 5 rings (SSSR count). The van der Waals surface area contributed by atoms with Crippen LogP contribution in [0.1, 0.15) is 43.4 Å². The first-order valence-corrected chi connectivity index (χ1v) is 10.3. The van der Waals surface area contributed by atoms with E-state index in [0.29, 0.717) is 30.5 Å². The lowest BCUT2D eigenvalue weighted by Crippen LogP contribution is -2.52. The molecule has 0 aliphatic carbocycles. The molecular formula is C20H26N8O2. The predicted molar refractivity (Wildman–Crippen MR) is 110 cm³/mol. The summed E-state index contributed by atoms with van der Waals surface area (Å²) in [6.07, 6.45) is 2.51. The number of nitrogens with zero attached hydrogens (tertiary/aromatic N) is 7. The number of carbonyl (C=O) groups is 1. The van der Waals surface area contributed by atoms with E-state index in [4.69, 9.17) is 9.84 Å². The summed E-state index contributed by atoms with van der Waals surface area (Å²) in [6, 6.07) is 3.92. The summed E-state index contributed by atoms with van der Waals surface area (Å²) < 4.78 is 9.19. The molecule has 3 aromatic rings. The van der Waals surface area contributed by atoms with Crippen molar-refractivity contribution in [1.82, 2.24) is 34.9 Å². The molecule has 10 nitrogen and oxygen atoms in total. The lowest BCUT2D eigenvalue weighted by atomic mass is 9.96. The Balaban J connectivity index is 1.20. The van der Waals surface area contributed by atoms with Gasteiger partial charge in [0.05, 0.1) is 12.8 Å². The first-order valence-electron chi connectivity index (χ1n) is 10.3. The van der Waals surface area contributed by atoms with Gasteiger partial charge in [0.15, 0.2) is 11.5 Å². The molecule has 0 aromatic carbocycles. The molecule has 1 N–H and O–H groups in total. The standard InChI is InChI=1S/C20H26N8O2/c1-20(2,3)19-24-23-15-5-6-16(25-28(15)19)26-11-13(12-26)9-21-17(29)14-10-22-27-7-4-8-30-18(14)27/h5-6,10,13H,4,7-9,11-12H2,1-3H3,(H,21,29). The topological polar surface area (TPSA) is 102 Å². The smallest absolute Gasteiger partial charge is 0.258 e. The van der Waals surface area contributed by atoms with Crippen LogP contribution in [0, 0.1) is 5.92 Å². The van der Waals surface area contributed by atoms with E-state index < -0.39 is 0 Å². The molecular weight excluding hydrogens is 384 g/mol. The maximum atomic E-state index is 12.5. The van der Waals surface area contributed by atoms with Gasteiger partial charge in [0.25, 0.3) is 5.91 Å². The van der Waals surface area contributed by atoms with Crippen LogP contribution >= 0.6 is 0 Å². The number of hydrogen-bond acceptors (Lipinski definition) is 7. The Kier molecular flexibility index (Phi) is 4.37. The van der Waals surface area contributed by atoms with Gasteiger partial charge in [-0.1, -0.05) is 20.8 Å². The molecule has 0 atom stereocenters. The number of aryl methyl sites for hydroxylation is 1. The number of nitrogens with one attached hydrogen (secondary N) is 1. The third-order valence-electron chi connectivity index (χ3n) is 5.54. The molecule has 0 saturated carbocycles. The second-order valence-corrected chi connectivity index (χ2v) is 9.00. The molecule has 1 saturated heterocycles. The average molecular weight is 410 g/mol. The minimum absolute atomic E-state index is 0.129. The van der Waals surface area contributed by atoms with Crippen LogP contribution in [0.5, 0.6) is 5.88 Å². The number of aromatic nitrogens is 6. The zero-order chi connectivity index (χ0) is 20.9. The van der Waals surface area contributed by atoms with E-state index >= 15 is 0 Å². The zero-order valence-corrected chi connectivity index (χ0v) is 17.5. The van der Waals surface area contributed by atoms with Gasteiger partial charge >= 0.3 is 0 Å². The van der Waals surface area contributed by atoms with Crippen LogP contribution < -0.4 is 15.0 Å². The summed E-state index contributed by atoms with van der Waals surface area (Å²) in [4.78, 5) is 14.7. The Morgan fingerprint density at radius 2 is 2.10 bits per heavy atom. The van der Waals surface area contributed by atoms with Crippen molar-refractivity contribution in [2.24, 2.45) is 5.92 Å². The van der Waals surface area contributed by atoms with Gasteiger partial charge < -0.3 is 15.0 Å². The fraction of sp³-hybridized carbons (Fsp3) is 0.550. The summed E-state index contributed by atoms with van der Waals surface area (Å²) in [5.41, 5.74) is 1.13. The van der Waals surface area contributed by atoms with Crippen LogP contribution in [0.4, 0.5) is 5.82 Å². The molecule has 1 amide bonds. The van der Waals surface area contributed by atoms with E-state index in [-0.39, 0.29) is 11.3 Å². The zero-order valence-electron chi connectivity index (χ0n) is 17.5. The quantitative estimate of drug-likeness (QED) is 0.691. The van der Waals surface area contributed by atoms with Gasteiger partial charge in [-0.15, -0.1) is 15.3 Å². The first-order chi connectivity index (χ1) is 14.4. The van der Waals surface area contributed by atoms with Crippen molar-refractivity contribution >= 4 is 17.4 Å². The Morgan fingerprint density at radius 3 is 2.90 bits per heavy atom. The minimum Gasteiger partial charge on any atom is -0.477 e. The number of ether oxygens (including phenoxy) is 1. The molecule has 3 aromatic heterocycles. The van der Waals surface area contributed by atoms with E-state index in [1.807, 2.05) is 16.6 Å². The average Bonchev–Trinajstić information content (AvgIpc) is 3.30. The minimum atomic E-state index is -0.135. The van der Waals surface area contributed by atoms with Crippen LogP contribution in [-0.2, 0) is 12.0 Å². The van der Waals surface area contributed by atoms with Crippen LogP contribution in [0.25, 0.3) is 5.65 Å². The van der Waals surface area contributed by atoms with Crippen LogP contribution in [0.15, 0.2) is 18.3 Å². The molecule has 2 aliphatic heterocycles. The number of amides is 1. The number of rotatable bonds is 4. The van der Waals surface area contributed by atoms with Crippen molar-refractivity contribution in [1.29, 1.82) is 0 Å². The van der Waals surface area contributed by atoms with Crippen molar-refractivity contribution in [3.63, 3.8) is 0 Å². The van der Waals surface area contributed by atoms with Crippen LogP contribution in [-0.4, -0.2) is 61.7 Å². The normalized spacial score (nSPS) is 16.8. The number of carbonyl (C=O) groups excluding carboxylic acids is 1. The first kappa shape index (κ1) is 18.8. The van der Waals surface area contributed by atoms with Crippen molar-refractivity contribution < 1.29 is 9.53 Å². The highest BCUT2D eigenvalue weighted by molar-refractivity contribution is 5.96. The maximum absolute atomic E-state index is 12.5. The van der Waals surface area contributed by atoms with Gasteiger partial charge in [-0.25, -0.2) is 4.68 Å². The van der Waals surface area contributed by atoms with Crippen LogP contribution in [0.2, 0.25) is 0 Å². The summed E-state index contributed by atoms with van der Waals surface area (Å²) >= 11 is 0. The highest BCUT2D eigenvalue weighted by Gasteiger charge is 2.30. The van der Waals surface area contributed by atoms with E-state index in [1.54, 1.807) is 10.9 Å². The molecule has 5 heterocycles. The van der Waals surface area contributed by atoms with Gasteiger partial charge in [0.1, 0.15) is 11.4 Å². The Hall–Kier alpha value is -3.17. The van der Waals surface area contributed by atoms with E-state index in [1.165, 1.54) is 0 Å². The van der Waals surface area contributed by atoms with Gasteiger partial charge in [-0.05, 0) is 12.1 Å². The summed E-state index contributed by atoms with van der Waals surface area (Å²) in [5.74, 6) is 2.57. The third kappa shape index (κ3) is 3.25. The van der Waals surface area contributed by atoms with Crippen molar-refractivity contribution in [2.45, 2.75) is 39.2 Å². The predicted octanol–water partition coefficient (Wildman–Crippen LogP) is 1.27. The fourth-order valence-electron chi connectivity index (χ4n) is 3.86. The lowest BCUT2D eigenvalue weighted by molar-refractivity contribution is 0.0938. The SMILES string of the molecule is CC(C)(C)c1nnc2ccc(N3CC(CNC(=O)c4cnn5c4OCCC5)C3)nn12. The van der Waals surface area contributed by atoms with E-state index in [2.05, 4.69) is 46.3 Å². The molecule has 0 radical (unpaired) electrons. The van der Waals surface area contributed by atoms with Crippen LogP contribution in [0.3, 0.4) is 0 Å². The molecule has 2 aliphatic rings. The van der Waals surface area contributed by atoms with Crippen molar-refractivity contribution in [3.05, 3.63) is 29.7 Å². The van der Waals surface area contributed by atoms with Gasteiger partial charge in [-0.3, -0.25) is 4.79 Å². The van der Waals surface area contributed by atoms with Gasteiger partial charge in [0.2, 0.25) is 5.88 Å². The summed E-state index contributed by atoms with van der Waals surface area (Å²) in [7, 11) is 0. The monoisotopic (exact) mass is 410 g/mol. The molecule has 0 unspecified atom stereocenters. The number of hydrogen-bond donors (Lipinski definition) is 1. The number of fused-ring (bicyclic) bond motifs is 2. The lowest BCUT2D eigenvalue weighted by Gasteiger charge is -2.40. The highest BCUT2D eigenvalue weighted by Crippen LogP contribution is 2.26. The summed E-state index contributed by atoms with van der Waals surface area (Å²) in [6.45, 7) is 10.0. The van der Waals surface area contributed by atoms with Crippen molar-refractivity contribution in [3.8, 4) is 5.88 Å². The fourth-order valence-corrected chi connectivity index (χ4v) is 3.86. The second kappa shape index (κ2) is 6.96. The van der Waals surface area contributed by atoms with E-state index in [0.717, 1.165) is 43.3 Å². The van der Waals surface area contributed by atoms with Gasteiger partial charge in [0, 0.05) is 43.9 Å². The largest absolute Gasteiger partial charge is 0.477 e. The maximum Gasteiger partial charge on any atom is 0.258 e. The van der Waals surface area contributed by atoms with Crippen molar-refractivity contribution in [2.75, 3.05) is 31.1 Å². The third-order valence-corrected chi connectivity index (χ3v) is 5.54.